The Morgan fingerprint density at radius 2 is 1.88 bits per heavy atom. The Balaban J connectivity index is 2.19. The van der Waals surface area contributed by atoms with Gasteiger partial charge in [0, 0.05) is 18.0 Å². The van der Waals surface area contributed by atoms with Crippen molar-refractivity contribution in [1.29, 1.82) is 0 Å². The standard InChI is InChI=1S/C13H19FN2/c1-15-9-13(7-8-13)12(16-2)10-3-5-11(14)6-4-10/h3-6,12,15-16H,7-9H2,1-2H3. The fourth-order valence-electron chi connectivity index (χ4n) is 2.56. The van der Waals surface area contributed by atoms with Gasteiger partial charge >= 0.3 is 0 Å². The molecule has 88 valence electrons. The van der Waals surface area contributed by atoms with Gasteiger partial charge in [0.25, 0.3) is 0 Å². The van der Waals surface area contributed by atoms with Crippen molar-refractivity contribution in [3.8, 4) is 0 Å². The Morgan fingerprint density at radius 3 is 2.31 bits per heavy atom. The fraction of sp³-hybridized carbons (Fsp3) is 0.538. The molecule has 1 aromatic carbocycles. The number of hydrogen-bond donors (Lipinski definition) is 2. The third kappa shape index (κ3) is 2.11. The minimum atomic E-state index is -0.169. The van der Waals surface area contributed by atoms with Gasteiger partial charge in [0.2, 0.25) is 0 Å². The van der Waals surface area contributed by atoms with Crippen molar-refractivity contribution in [3.63, 3.8) is 0 Å². The van der Waals surface area contributed by atoms with Crippen LogP contribution in [0.1, 0.15) is 24.4 Å². The summed E-state index contributed by atoms with van der Waals surface area (Å²) in [5, 5.41) is 6.62. The van der Waals surface area contributed by atoms with Crippen molar-refractivity contribution >= 4 is 0 Å². The molecular formula is C13H19FN2. The van der Waals surface area contributed by atoms with E-state index in [9.17, 15) is 4.39 Å². The maximum absolute atomic E-state index is 12.9. The third-order valence-corrected chi connectivity index (χ3v) is 3.53. The van der Waals surface area contributed by atoms with E-state index in [0.717, 1.165) is 6.54 Å². The number of rotatable bonds is 5. The SMILES string of the molecule is CNCC1(C(NC)c2ccc(F)cc2)CC1. The zero-order chi connectivity index (χ0) is 11.6. The summed E-state index contributed by atoms with van der Waals surface area (Å²) in [7, 11) is 3.96. The van der Waals surface area contributed by atoms with Gasteiger partial charge in [-0.15, -0.1) is 0 Å². The van der Waals surface area contributed by atoms with Gasteiger partial charge < -0.3 is 10.6 Å². The number of hydrogen-bond acceptors (Lipinski definition) is 2. The predicted octanol–water partition coefficient (Wildman–Crippen LogP) is 2.09. The molecule has 2 N–H and O–H groups in total. The molecule has 16 heavy (non-hydrogen) atoms. The molecule has 0 saturated heterocycles. The van der Waals surface area contributed by atoms with E-state index >= 15 is 0 Å². The molecule has 3 heteroatoms. The highest BCUT2D eigenvalue weighted by Crippen LogP contribution is 2.54. The van der Waals surface area contributed by atoms with Crippen LogP contribution in [0.25, 0.3) is 0 Å². The minimum absolute atomic E-state index is 0.169. The molecule has 0 radical (unpaired) electrons. The monoisotopic (exact) mass is 222 g/mol. The van der Waals surface area contributed by atoms with Crippen LogP contribution in [-0.2, 0) is 0 Å². The minimum Gasteiger partial charge on any atom is -0.319 e. The van der Waals surface area contributed by atoms with E-state index in [0.29, 0.717) is 11.5 Å². The molecule has 2 nitrogen and oxygen atoms in total. The van der Waals surface area contributed by atoms with Crippen LogP contribution >= 0.6 is 0 Å². The molecule has 0 aromatic heterocycles. The average Bonchev–Trinajstić information content (AvgIpc) is 3.03. The summed E-state index contributed by atoms with van der Waals surface area (Å²) in [6.07, 6.45) is 2.47. The van der Waals surface area contributed by atoms with E-state index < -0.39 is 0 Å². The van der Waals surface area contributed by atoms with Crippen molar-refractivity contribution in [1.82, 2.24) is 10.6 Å². The Labute approximate surface area is 96.2 Å². The van der Waals surface area contributed by atoms with Crippen LogP contribution in [0.2, 0.25) is 0 Å². The Morgan fingerprint density at radius 1 is 1.25 bits per heavy atom. The van der Waals surface area contributed by atoms with Crippen molar-refractivity contribution < 1.29 is 4.39 Å². The van der Waals surface area contributed by atoms with E-state index in [1.807, 2.05) is 26.2 Å². The molecule has 0 aliphatic heterocycles. The average molecular weight is 222 g/mol. The van der Waals surface area contributed by atoms with E-state index in [4.69, 9.17) is 0 Å². The normalized spacial score (nSPS) is 19.4. The maximum atomic E-state index is 12.9. The number of halogens is 1. The highest BCUT2D eigenvalue weighted by molar-refractivity contribution is 5.25. The van der Waals surface area contributed by atoms with Gasteiger partial charge in [-0.2, -0.15) is 0 Å². The van der Waals surface area contributed by atoms with Gasteiger partial charge in [-0.3, -0.25) is 0 Å². The molecule has 1 unspecified atom stereocenters. The second-order valence-electron chi connectivity index (χ2n) is 4.67. The molecule has 0 amide bonds. The fourth-order valence-corrected chi connectivity index (χ4v) is 2.56. The number of nitrogens with one attached hydrogen (secondary N) is 2. The third-order valence-electron chi connectivity index (χ3n) is 3.53. The highest BCUT2D eigenvalue weighted by Gasteiger charge is 2.48. The molecule has 0 heterocycles. The smallest absolute Gasteiger partial charge is 0.123 e. The molecule has 1 aliphatic rings. The summed E-state index contributed by atoms with van der Waals surface area (Å²) in [6, 6.07) is 7.16. The lowest BCUT2D eigenvalue weighted by Crippen LogP contribution is -2.33. The van der Waals surface area contributed by atoms with Crippen LogP contribution in [0, 0.1) is 11.2 Å². The topological polar surface area (TPSA) is 24.1 Å². The summed E-state index contributed by atoms with van der Waals surface area (Å²) in [4.78, 5) is 0. The van der Waals surface area contributed by atoms with Gasteiger partial charge in [0.15, 0.2) is 0 Å². The molecular weight excluding hydrogens is 203 g/mol. The van der Waals surface area contributed by atoms with Gasteiger partial charge in [-0.1, -0.05) is 12.1 Å². The van der Waals surface area contributed by atoms with Gasteiger partial charge in [0.1, 0.15) is 5.82 Å². The maximum Gasteiger partial charge on any atom is 0.123 e. The van der Waals surface area contributed by atoms with Crippen LogP contribution in [0.4, 0.5) is 4.39 Å². The first-order chi connectivity index (χ1) is 7.72. The molecule has 1 saturated carbocycles. The van der Waals surface area contributed by atoms with Gasteiger partial charge in [-0.05, 0) is 44.6 Å². The van der Waals surface area contributed by atoms with Crippen LogP contribution in [0.3, 0.4) is 0 Å². The first-order valence-corrected chi connectivity index (χ1v) is 5.79. The molecule has 1 fully saturated rings. The summed E-state index contributed by atoms with van der Waals surface area (Å²) < 4.78 is 12.9. The molecule has 1 aliphatic carbocycles. The first kappa shape index (κ1) is 11.6. The van der Waals surface area contributed by atoms with Crippen molar-refractivity contribution in [2.45, 2.75) is 18.9 Å². The van der Waals surface area contributed by atoms with Crippen LogP contribution < -0.4 is 10.6 Å². The summed E-state index contributed by atoms with van der Waals surface area (Å²) >= 11 is 0. The lowest BCUT2D eigenvalue weighted by molar-refractivity contribution is 0.346. The lowest BCUT2D eigenvalue weighted by Gasteiger charge is -2.27. The second kappa shape index (κ2) is 4.52. The summed E-state index contributed by atoms with van der Waals surface area (Å²) in [5.74, 6) is -0.169. The Bertz CT molecular complexity index is 343. The van der Waals surface area contributed by atoms with Crippen molar-refractivity contribution in [3.05, 3.63) is 35.6 Å². The molecule has 1 atom stereocenters. The molecule has 0 spiro atoms. The Kier molecular flexibility index (Phi) is 3.26. The van der Waals surface area contributed by atoms with Crippen molar-refractivity contribution in [2.24, 2.45) is 5.41 Å². The van der Waals surface area contributed by atoms with E-state index in [2.05, 4.69) is 10.6 Å². The zero-order valence-corrected chi connectivity index (χ0v) is 9.89. The first-order valence-electron chi connectivity index (χ1n) is 5.79. The highest BCUT2D eigenvalue weighted by atomic mass is 19.1. The zero-order valence-electron chi connectivity index (χ0n) is 9.89. The molecule has 1 aromatic rings. The van der Waals surface area contributed by atoms with Crippen LogP contribution in [-0.4, -0.2) is 20.6 Å². The largest absolute Gasteiger partial charge is 0.319 e. The van der Waals surface area contributed by atoms with Crippen LogP contribution in [0.15, 0.2) is 24.3 Å². The van der Waals surface area contributed by atoms with Gasteiger partial charge in [0.05, 0.1) is 0 Å². The predicted molar refractivity (Wildman–Crippen MR) is 63.8 cm³/mol. The van der Waals surface area contributed by atoms with Crippen molar-refractivity contribution in [2.75, 3.05) is 20.6 Å². The van der Waals surface area contributed by atoms with Crippen LogP contribution in [0.5, 0.6) is 0 Å². The molecule has 0 bridgehead atoms. The van der Waals surface area contributed by atoms with E-state index in [1.54, 1.807) is 0 Å². The number of benzene rings is 1. The Hall–Kier alpha value is -0.930. The van der Waals surface area contributed by atoms with E-state index in [1.165, 1.54) is 30.5 Å². The lowest BCUT2D eigenvalue weighted by atomic mass is 9.90. The summed E-state index contributed by atoms with van der Waals surface area (Å²) in [5.41, 5.74) is 1.50. The quantitative estimate of drug-likeness (QED) is 0.797. The summed E-state index contributed by atoms with van der Waals surface area (Å²) in [6.45, 7) is 1.01. The second-order valence-corrected chi connectivity index (χ2v) is 4.67. The molecule has 2 rings (SSSR count). The van der Waals surface area contributed by atoms with Gasteiger partial charge in [-0.25, -0.2) is 4.39 Å². The van der Waals surface area contributed by atoms with E-state index in [-0.39, 0.29) is 5.82 Å².